The largest absolute Gasteiger partial charge is 0.388 e. The molecule has 4 unspecified atom stereocenters. The van der Waals surface area contributed by atoms with Gasteiger partial charge in [-0.1, -0.05) is 39.3 Å². The predicted molar refractivity (Wildman–Crippen MR) is 125 cm³/mol. The standard InChI is InChI=1S/C20H33ClN5O7P/c1-5-19(6-2,33-34(30,31)20(29,7-3)8-4)9-11-13(27)14(28)17(32-11)26-10-23-12-15(21)24-18(22)25-16(12)26/h10-11,13-14,17,27-29H,5-9H2,1-4H3,(H,30,31)(H2,22,24,25)/t11?,13?,14-,17?/m1/s1. The summed E-state index contributed by atoms with van der Waals surface area (Å²) in [4.78, 5) is 22.8. The summed E-state index contributed by atoms with van der Waals surface area (Å²) >= 11 is 6.08. The number of imidazole rings is 1. The number of halogens is 1. The summed E-state index contributed by atoms with van der Waals surface area (Å²) in [5.41, 5.74) is 4.97. The van der Waals surface area contributed by atoms with Crippen LogP contribution in [0, 0.1) is 0 Å². The number of nitrogens with two attached hydrogens (primary N) is 1. The molecule has 0 spiro atoms. The Morgan fingerprint density at radius 3 is 2.35 bits per heavy atom. The Morgan fingerprint density at radius 2 is 1.79 bits per heavy atom. The van der Waals surface area contributed by atoms with Crippen molar-refractivity contribution in [3.8, 4) is 0 Å². The minimum atomic E-state index is -4.47. The van der Waals surface area contributed by atoms with E-state index in [1.165, 1.54) is 10.9 Å². The van der Waals surface area contributed by atoms with E-state index in [1.807, 2.05) is 0 Å². The molecule has 3 rings (SSSR count). The maximum atomic E-state index is 13.1. The van der Waals surface area contributed by atoms with Crippen LogP contribution in [0.5, 0.6) is 0 Å². The molecule has 0 radical (unpaired) electrons. The second-order valence-corrected chi connectivity index (χ2v) is 11.1. The second-order valence-electron chi connectivity index (χ2n) is 8.64. The molecule has 6 N–H and O–H groups in total. The minimum Gasteiger partial charge on any atom is -0.388 e. The summed E-state index contributed by atoms with van der Waals surface area (Å²) in [6.45, 7) is 6.78. The highest BCUT2D eigenvalue weighted by Gasteiger charge is 2.52. The van der Waals surface area contributed by atoms with Crippen molar-refractivity contribution in [1.82, 2.24) is 19.5 Å². The summed E-state index contributed by atoms with van der Waals surface area (Å²) in [5.74, 6) is -0.0914. The lowest BCUT2D eigenvalue weighted by Gasteiger charge is -2.40. The maximum absolute atomic E-state index is 13.1. The van der Waals surface area contributed by atoms with Gasteiger partial charge < -0.3 is 30.7 Å². The number of hydrogen-bond acceptors (Lipinski definition) is 10. The summed E-state index contributed by atoms with van der Waals surface area (Å²) in [6.07, 6.45) is -2.72. The van der Waals surface area contributed by atoms with Crippen molar-refractivity contribution in [2.24, 2.45) is 0 Å². The molecule has 192 valence electrons. The van der Waals surface area contributed by atoms with E-state index in [0.29, 0.717) is 12.8 Å². The molecule has 0 amide bonds. The number of aliphatic hydroxyl groups excluding tert-OH is 2. The molecular formula is C20H33ClN5O7P. The number of hydrogen-bond donors (Lipinski definition) is 5. The first-order chi connectivity index (χ1) is 15.9. The van der Waals surface area contributed by atoms with Crippen molar-refractivity contribution in [3.05, 3.63) is 11.5 Å². The first-order valence-corrected chi connectivity index (χ1v) is 13.3. The van der Waals surface area contributed by atoms with Crippen LogP contribution >= 0.6 is 19.2 Å². The molecule has 3 heterocycles. The zero-order valence-electron chi connectivity index (χ0n) is 19.6. The van der Waals surface area contributed by atoms with E-state index in [1.54, 1.807) is 27.7 Å². The Labute approximate surface area is 202 Å². The molecule has 2 aromatic rings. The summed E-state index contributed by atoms with van der Waals surface area (Å²) < 4.78 is 26.2. The Bertz CT molecular complexity index is 1060. The monoisotopic (exact) mass is 521 g/mol. The van der Waals surface area contributed by atoms with Crippen LogP contribution in [0.25, 0.3) is 11.2 Å². The lowest BCUT2D eigenvalue weighted by molar-refractivity contribution is -0.0761. The van der Waals surface area contributed by atoms with E-state index in [-0.39, 0.29) is 41.5 Å². The third-order valence-electron chi connectivity index (χ3n) is 6.85. The van der Waals surface area contributed by atoms with Crippen LogP contribution in [0.4, 0.5) is 5.95 Å². The molecule has 2 aromatic heterocycles. The molecule has 12 nitrogen and oxygen atoms in total. The quantitative estimate of drug-likeness (QED) is 0.228. The van der Waals surface area contributed by atoms with Gasteiger partial charge in [-0.25, -0.2) is 4.98 Å². The molecule has 0 aromatic carbocycles. The third-order valence-corrected chi connectivity index (χ3v) is 9.43. The number of rotatable bonds is 10. The van der Waals surface area contributed by atoms with Gasteiger partial charge >= 0.3 is 7.60 Å². The van der Waals surface area contributed by atoms with E-state index >= 15 is 0 Å². The highest BCUT2D eigenvalue weighted by Crippen LogP contribution is 2.61. The number of aliphatic hydroxyl groups is 3. The van der Waals surface area contributed by atoms with Crippen molar-refractivity contribution in [2.75, 3.05) is 5.73 Å². The number of anilines is 1. The van der Waals surface area contributed by atoms with Gasteiger partial charge in [-0.15, -0.1) is 0 Å². The van der Waals surface area contributed by atoms with Crippen LogP contribution in [0.1, 0.15) is 66.0 Å². The van der Waals surface area contributed by atoms with Crippen LogP contribution in [0.15, 0.2) is 6.33 Å². The van der Waals surface area contributed by atoms with E-state index in [4.69, 9.17) is 26.6 Å². The number of nitrogen functional groups attached to an aromatic ring is 1. The second kappa shape index (κ2) is 9.94. The van der Waals surface area contributed by atoms with Gasteiger partial charge in [-0.05, 0) is 25.7 Å². The number of ether oxygens (including phenoxy) is 1. The van der Waals surface area contributed by atoms with Crippen molar-refractivity contribution < 1.29 is 34.0 Å². The topological polar surface area (TPSA) is 186 Å². The lowest BCUT2D eigenvalue weighted by Crippen LogP contribution is -2.42. The van der Waals surface area contributed by atoms with Gasteiger partial charge in [-0.2, -0.15) is 9.97 Å². The van der Waals surface area contributed by atoms with Crippen molar-refractivity contribution in [1.29, 1.82) is 0 Å². The fraction of sp³-hybridized carbons (Fsp3) is 0.750. The number of nitrogens with zero attached hydrogens (tertiary/aromatic N) is 4. The van der Waals surface area contributed by atoms with E-state index in [2.05, 4.69) is 15.0 Å². The Hall–Kier alpha value is -1.37. The molecule has 1 fully saturated rings. The zero-order chi connectivity index (χ0) is 25.5. The average Bonchev–Trinajstić information content (AvgIpc) is 3.33. The van der Waals surface area contributed by atoms with E-state index in [0.717, 1.165) is 0 Å². The first kappa shape index (κ1) is 27.2. The van der Waals surface area contributed by atoms with Crippen LogP contribution < -0.4 is 5.73 Å². The fourth-order valence-electron chi connectivity index (χ4n) is 4.28. The molecule has 5 atom stereocenters. The molecule has 1 aliphatic rings. The highest BCUT2D eigenvalue weighted by atomic mass is 35.5. The molecular weight excluding hydrogens is 489 g/mol. The van der Waals surface area contributed by atoms with Gasteiger partial charge in [0.05, 0.1) is 18.0 Å². The van der Waals surface area contributed by atoms with Crippen molar-refractivity contribution in [3.63, 3.8) is 0 Å². The molecule has 1 aliphatic heterocycles. The maximum Gasteiger partial charge on any atom is 0.359 e. The van der Waals surface area contributed by atoms with Crippen LogP contribution in [0.2, 0.25) is 5.15 Å². The Balaban J connectivity index is 1.89. The molecule has 0 aliphatic carbocycles. The smallest absolute Gasteiger partial charge is 0.359 e. The van der Waals surface area contributed by atoms with Crippen molar-refractivity contribution >= 4 is 36.3 Å². The normalized spacial score (nSPS) is 25.7. The highest BCUT2D eigenvalue weighted by molar-refractivity contribution is 7.54. The summed E-state index contributed by atoms with van der Waals surface area (Å²) in [7, 11) is -4.47. The minimum absolute atomic E-state index is 0.00665. The molecule has 34 heavy (non-hydrogen) atoms. The molecule has 0 bridgehead atoms. The van der Waals surface area contributed by atoms with Crippen LogP contribution in [-0.4, -0.2) is 69.0 Å². The predicted octanol–water partition coefficient (Wildman–Crippen LogP) is 2.34. The first-order valence-electron chi connectivity index (χ1n) is 11.3. The van der Waals surface area contributed by atoms with Crippen LogP contribution in [-0.2, 0) is 13.8 Å². The lowest BCUT2D eigenvalue weighted by atomic mass is 9.88. The number of fused-ring (bicyclic) bond motifs is 1. The van der Waals surface area contributed by atoms with Crippen molar-refractivity contribution in [2.45, 2.75) is 95.3 Å². The van der Waals surface area contributed by atoms with E-state index < -0.39 is 43.1 Å². The Kier molecular flexibility index (Phi) is 7.96. The average molecular weight is 522 g/mol. The SMILES string of the molecule is CCC(CC)(CC1OC(n2cnc3c(Cl)nc(N)nc32)[C@H](O)C1O)OP(=O)(O)C(O)(CC)CC. The van der Waals surface area contributed by atoms with Gasteiger partial charge in [0.2, 0.25) is 5.95 Å². The van der Waals surface area contributed by atoms with Gasteiger partial charge in [0.15, 0.2) is 22.4 Å². The zero-order valence-corrected chi connectivity index (χ0v) is 21.3. The summed E-state index contributed by atoms with van der Waals surface area (Å²) in [6, 6.07) is 0. The summed E-state index contributed by atoms with van der Waals surface area (Å²) in [5, 5.41) is 30.4. The van der Waals surface area contributed by atoms with Gasteiger partial charge in [0.1, 0.15) is 17.7 Å². The molecule has 0 saturated carbocycles. The van der Waals surface area contributed by atoms with Gasteiger partial charge in [0.25, 0.3) is 0 Å². The Morgan fingerprint density at radius 1 is 1.18 bits per heavy atom. The molecule has 1 saturated heterocycles. The fourth-order valence-corrected chi connectivity index (χ4v) is 6.33. The third kappa shape index (κ3) is 4.70. The van der Waals surface area contributed by atoms with Crippen LogP contribution in [0.3, 0.4) is 0 Å². The number of aromatic nitrogens is 4. The van der Waals surface area contributed by atoms with Gasteiger partial charge in [-0.3, -0.25) is 13.7 Å². The molecule has 14 heteroatoms. The van der Waals surface area contributed by atoms with Gasteiger partial charge in [0, 0.05) is 6.42 Å². The van der Waals surface area contributed by atoms with E-state index in [9.17, 15) is 24.8 Å².